The molecule has 1 aromatic heterocycles. The minimum absolute atomic E-state index is 0.0237. The van der Waals surface area contributed by atoms with E-state index in [1.54, 1.807) is 31.2 Å². The number of urea groups is 1. The van der Waals surface area contributed by atoms with Gasteiger partial charge in [-0.25, -0.2) is 9.78 Å². The third kappa shape index (κ3) is 4.29. The lowest BCUT2D eigenvalue weighted by atomic mass is 10.1. The summed E-state index contributed by atoms with van der Waals surface area (Å²) in [5.74, 6) is -0.743. The van der Waals surface area contributed by atoms with E-state index in [1.165, 1.54) is 6.07 Å². The summed E-state index contributed by atoms with van der Waals surface area (Å²) in [4.78, 5) is 41.7. The van der Waals surface area contributed by atoms with E-state index < -0.39 is 6.03 Å². The normalized spacial score (nSPS) is 13.0. The average molecular weight is 395 g/mol. The van der Waals surface area contributed by atoms with Gasteiger partial charge in [-0.2, -0.15) is 5.26 Å². The number of carbonyl (C=O) groups excluding carboxylic acids is 3. The summed E-state index contributed by atoms with van der Waals surface area (Å²) in [6.45, 7) is 2.43. The van der Waals surface area contributed by atoms with E-state index in [-0.39, 0.29) is 28.7 Å². The first-order chi connectivity index (χ1) is 13.5. The van der Waals surface area contributed by atoms with Crippen LogP contribution in [0.1, 0.15) is 21.6 Å². The maximum absolute atomic E-state index is 12.5. The van der Waals surface area contributed by atoms with Crippen LogP contribution in [0.15, 0.2) is 41.4 Å². The predicted molar refractivity (Wildman–Crippen MR) is 104 cm³/mol. The van der Waals surface area contributed by atoms with Crippen molar-refractivity contribution in [3.05, 3.63) is 53.2 Å². The number of aryl methyl sites for hydroxylation is 1. The second-order valence-corrected chi connectivity index (χ2v) is 6.94. The molecule has 9 heteroatoms. The largest absolute Gasteiger partial charge is 0.336 e. The SMILES string of the molecule is Cc1nc(SCC(=O)N2CCNC2=O)c(C#N)cc1C(=O)Nc1ccccc1. The number of hydrogen-bond donors (Lipinski definition) is 2. The van der Waals surface area contributed by atoms with Gasteiger partial charge in [0.1, 0.15) is 11.1 Å². The Morgan fingerprint density at radius 2 is 2.11 bits per heavy atom. The van der Waals surface area contributed by atoms with Gasteiger partial charge in [0.2, 0.25) is 5.91 Å². The minimum atomic E-state index is -0.414. The zero-order valence-electron chi connectivity index (χ0n) is 15.1. The number of nitriles is 1. The van der Waals surface area contributed by atoms with Crippen LogP contribution in [0.3, 0.4) is 0 Å². The molecule has 1 saturated heterocycles. The van der Waals surface area contributed by atoms with Crippen LogP contribution in [0.2, 0.25) is 0 Å². The molecule has 4 amide bonds. The van der Waals surface area contributed by atoms with Gasteiger partial charge in [-0.15, -0.1) is 0 Å². The van der Waals surface area contributed by atoms with Crippen molar-refractivity contribution in [2.75, 3.05) is 24.2 Å². The van der Waals surface area contributed by atoms with Crippen LogP contribution in [0.25, 0.3) is 0 Å². The average Bonchev–Trinajstić information content (AvgIpc) is 3.12. The molecular formula is C19H17N5O3S. The van der Waals surface area contributed by atoms with Crippen molar-refractivity contribution in [2.45, 2.75) is 11.9 Å². The Labute approximate surface area is 165 Å². The van der Waals surface area contributed by atoms with E-state index in [2.05, 4.69) is 15.6 Å². The van der Waals surface area contributed by atoms with Gasteiger partial charge in [-0.05, 0) is 25.1 Å². The molecule has 2 heterocycles. The summed E-state index contributed by atoms with van der Waals surface area (Å²) >= 11 is 1.07. The number of hydrogen-bond acceptors (Lipinski definition) is 6. The lowest BCUT2D eigenvalue weighted by Gasteiger charge is -2.13. The first-order valence-corrected chi connectivity index (χ1v) is 9.47. The number of carbonyl (C=O) groups is 3. The van der Waals surface area contributed by atoms with Gasteiger partial charge in [0.15, 0.2) is 0 Å². The Morgan fingerprint density at radius 1 is 1.36 bits per heavy atom. The highest BCUT2D eigenvalue weighted by molar-refractivity contribution is 8.00. The summed E-state index contributed by atoms with van der Waals surface area (Å²) in [5, 5.41) is 15.1. The van der Waals surface area contributed by atoms with Crippen molar-refractivity contribution in [2.24, 2.45) is 0 Å². The molecule has 1 aromatic carbocycles. The van der Waals surface area contributed by atoms with Crippen molar-refractivity contribution in [1.29, 1.82) is 5.26 Å². The van der Waals surface area contributed by atoms with E-state index in [0.717, 1.165) is 16.7 Å². The van der Waals surface area contributed by atoms with Gasteiger partial charge in [-0.1, -0.05) is 30.0 Å². The zero-order chi connectivity index (χ0) is 20.1. The number of anilines is 1. The van der Waals surface area contributed by atoms with E-state index >= 15 is 0 Å². The third-order valence-corrected chi connectivity index (χ3v) is 5.04. The summed E-state index contributed by atoms with van der Waals surface area (Å²) < 4.78 is 0. The number of benzene rings is 1. The topological polar surface area (TPSA) is 115 Å². The Kier molecular flexibility index (Phi) is 5.91. The molecule has 28 heavy (non-hydrogen) atoms. The number of nitrogens with one attached hydrogen (secondary N) is 2. The van der Waals surface area contributed by atoms with Gasteiger partial charge in [0.25, 0.3) is 5.91 Å². The molecule has 0 aliphatic carbocycles. The van der Waals surface area contributed by atoms with Crippen molar-refractivity contribution in [3.8, 4) is 6.07 Å². The zero-order valence-corrected chi connectivity index (χ0v) is 15.9. The molecule has 0 saturated carbocycles. The fraction of sp³-hybridized carbons (Fsp3) is 0.211. The maximum atomic E-state index is 12.5. The maximum Gasteiger partial charge on any atom is 0.324 e. The molecule has 2 aromatic rings. The van der Waals surface area contributed by atoms with E-state index in [0.29, 0.717) is 29.5 Å². The molecule has 3 rings (SSSR count). The number of nitrogens with zero attached hydrogens (tertiary/aromatic N) is 3. The fourth-order valence-electron chi connectivity index (χ4n) is 2.64. The molecule has 142 valence electrons. The molecular weight excluding hydrogens is 378 g/mol. The number of amides is 4. The van der Waals surface area contributed by atoms with Crippen molar-refractivity contribution < 1.29 is 14.4 Å². The third-order valence-electron chi connectivity index (χ3n) is 4.07. The van der Waals surface area contributed by atoms with Gasteiger partial charge >= 0.3 is 6.03 Å². The Hall–Kier alpha value is -3.38. The number of aromatic nitrogens is 1. The summed E-state index contributed by atoms with van der Waals surface area (Å²) in [6.07, 6.45) is 0. The standard InChI is InChI=1S/C19H17N5O3S/c1-12-15(17(26)23-14-5-3-2-4-6-14)9-13(10-20)18(22-12)28-11-16(25)24-8-7-21-19(24)27/h2-6,9H,7-8,11H2,1H3,(H,21,27)(H,23,26). The number of imide groups is 1. The highest BCUT2D eigenvalue weighted by Gasteiger charge is 2.26. The van der Waals surface area contributed by atoms with Crippen LogP contribution in [-0.4, -0.2) is 46.6 Å². The van der Waals surface area contributed by atoms with Crippen LogP contribution < -0.4 is 10.6 Å². The quantitative estimate of drug-likeness (QED) is 0.750. The molecule has 8 nitrogen and oxygen atoms in total. The molecule has 1 aliphatic rings. The second kappa shape index (κ2) is 8.54. The Morgan fingerprint density at radius 3 is 2.75 bits per heavy atom. The number of thioether (sulfide) groups is 1. The van der Waals surface area contributed by atoms with Crippen molar-refractivity contribution >= 4 is 35.3 Å². The monoisotopic (exact) mass is 395 g/mol. The first-order valence-electron chi connectivity index (χ1n) is 8.48. The summed E-state index contributed by atoms with van der Waals surface area (Å²) in [7, 11) is 0. The van der Waals surface area contributed by atoms with Gasteiger partial charge < -0.3 is 10.6 Å². The number of rotatable bonds is 5. The minimum Gasteiger partial charge on any atom is -0.336 e. The molecule has 0 bridgehead atoms. The van der Waals surface area contributed by atoms with Crippen LogP contribution >= 0.6 is 11.8 Å². The summed E-state index contributed by atoms with van der Waals surface area (Å²) in [6, 6.07) is 12.0. The van der Waals surface area contributed by atoms with Gasteiger partial charge in [-0.3, -0.25) is 14.5 Å². The highest BCUT2D eigenvalue weighted by Crippen LogP contribution is 2.24. The van der Waals surface area contributed by atoms with Gasteiger partial charge in [0, 0.05) is 18.8 Å². The molecule has 0 radical (unpaired) electrons. The number of pyridine rings is 1. The van der Waals surface area contributed by atoms with Crippen LogP contribution in [0.5, 0.6) is 0 Å². The molecule has 2 N–H and O–H groups in total. The smallest absolute Gasteiger partial charge is 0.324 e. The summed E-state index contributed by atoms with van der Waals surface area (Å²) in [5.41, 5.74) is 1.57. The van der Waals surface area contributed by atoms with E-state index in [4.69, 9.17) is 0 Å². The second-order valence-electron chi connectivity index (χ2n) is 5.97. The van der Waals surface area contributed by atoms with Crippen molar-refractivity contribution in [3.63, 3.8) is 0 Å². The first kappa shape index (κ1) is 19.4. The van der Waals surface area contributed by atoms with Crippen LogP contribution in [0.4, 0.5) is 10.5 Å². The number of para-hydroxylation sites is 1. The Balaban J connectivity index is 1.74. The molecule has 1 aliphatic heterocycles. The lowest BCUT2D eigenvalue weighted by molar-refractivity contribution is -0.124. The predicted octanol–water partition coefficient (Wildman–Crippen LogP) is 2.16. The van der Waals surface area contributed by atoms with Crippen molar-refractivity contribution in [1.82, 2.24) is 15.2 Å². The molecule has 1 fully saturated rings. The van der Waals surface area contributed by atoms with Gasteiger partial charge in [0.05, 0.1) is 22.6 Å². The van der Waals surface area contributed by atoms with E-state index in [1.807, 2.05) is 12.1 Å². The Bertz CT molecular complexity index is 972. The lowest BCUT2D eigenvalue weighted by Crippen LogP contribution is -2.35. The molecule has 0 atom stereocenters. The van der Waals surface area contributed by atoms with Crippen LogP contribution in [0, 0.1) is 18.3 Å². The highest BCUT2D eigenvalue weighted by atomic mass is 32.2. The molecule has 0 unspecified atom stereocenters. The van der Waals surface area contributed by atoms with E-state index in [9.17, 15) is 19.6 Å². The molecule has 0 spiro atoms. The van der Waals surface area contributed by atoms with Crippen LogP contribution in [-0.2, 0) is 4.79 Å². The fourth-order valence-corrected chi connectivity index (χ4v) is 3.52.